The van der Waals surface area contributed by atoms with E-state index in [4.69, 9.17) is 4.74 Å². The van der Waals surface area contributed by atoms with Gasteiger partial charge in [-0.1, -0.05) is 13.8 Å². The van der Waals surface area contributed by atoms with Crippen LogP contribution >= 0.6 is 11.3 Å². The molecule has 1 heterocycles. The summed E-state index contributed by atoms with van der Waals surface area (Å²) in [4.78, 5) is 10.9. The minimum Gasteiger partial charge on any atom is -0.378 e. The number of aromatic nitrogens is 1. The van der Waals surface area contributed by atoms with Crippen LogP contribution in [0.2, 0.25) is 0 Å². The Hall–Kier alpha value is -1.14. The van der Waals surface area contributed by atoms with E-state index in [1.807, 2.05) is 27.9 Å². The summed E-state index contributed by atoms with van der Waals surface area (Å²) in [5.41, 5.74) is 1.09. The van der Waals surface area contributed by atoms with Gasteiger partial charge in [0.05, 0.1) is 23.4 Å². The van der Waals surface area contributed by atoms with Crippen molar-refractivity contribution in [3.8, 4) is 0 Å². The summed E-state index contributed by atoms with van der Waals surface area (Å²) in [6.45, 7) is 10.9. The topological polar surface area (TPSA) is 49.8 Å². The van der Waals surface area contributed by atoms with Crippen LogP contribution in [0.15, 0.2) is 10.4 Å². The van der Waals surface area contributed by atoms with E-state index in [2.05, 4.69) is 39.4 Å². The summed E-state index contributed by atoms with van der Waals surface area (Å²) in [5, 5.41) is 6.61. The summed E-state index contributed by atoms with van der Waals surface area (Å²) in [5.74, 6) is 1.42. The van der Waals surface area contributed by atoms with E-state index in [1.54, 1.807) is 11.3 Å². The van der Waals surface area contributed by atoms with Crippen molar-refractivity contribution in [1.82, 2.24) is 15.2 Å². The molecule has 0 radical (unpaired) electrons. The van der Waals surface area contributed by atoms with Crippen molar-refractivity contribution < 1.29 is 4.74 Å². The average Bonchev–Trinajstić information content (AvgIpc) is 2.87. The first kappa shape index (κ1) is 18.9. The highest BCUT2D eigenvalue weighted by Crippen LogP contribution is 2.11. The van der Waals surface area contributed by atoms with Crippen molar-refractivity contribution >= 4 is 17.3 Å². The number of aliphatic imine (C=N–C) groups is 1. The fourth-order valence-electron chi connectivity index (χ4n) is 2.33. The fraction of sp³-hybridized carbons (Fsp3) is 0.750. The Morgan fingerprint density at radius 2 is 2.23 bits per heavy atom. The molecule has 1 atom stereocenters. The van der Waals surface area contributed by atoms with Crippen molar-refractivity contribution in [2.45, 2.75) is 46.8 Å². The first-order valence-electron chi connectivity index (χ1n) is 7.92. The lowest BCUT2D eigenvalue weighted by molar-refractivity contribution is 0.0257. The van der Waals surface area contributed by atoms with E-state index in [0.717, 1.165) is 42.8 Å². The SMILES string of the molecule is CCOC(CCNC(=NC)N(C)Cc1csc(C)n1)C(C)C. The van der Waals surface area contributed by atoms with Gasteiger partial charge in [0.2, 0.25) is 0 Å². The molecule has 0 saturated heterocycles. The van der Waals surface area contributed by atoms with Gasteiger partial charge in [0.1, 0.15) is 0 Å². The van der Waals surface area contributed by atoms with Crippen molar-refractivity contribution in [2.24, 2.45) is 10.9 Å². The number of thiazole rings is 1. The molecule has 0 aliphatic heterocycles. The first-order chi connectivity index (χ1) is 10.5. The van der Waals surface area contributed by atoms with Gasteiger partial charge in [0, 0.05) is 32.6 Å². The van der Waals surface area contributed by atoms with Crippen molar-refractivity contribution in [1.29, 1.82) is 0 Å². The number of guanidine groups is 1. The second-order valence-electron chi connectivity index (χ2n) is 5.71. The second-order valence-corrected chi connectivity index (χ2v) is 6.78. The van der Waals surface area contributed by atoms with Crippen molar-refractivity contribution in [2.75, 3.05) is 27.2 Å². The Morgan fingerprint density at radius 3 is 2.73 bits per heavy atom. The maximum absolute atomic E-state index is 5.78. The quantitative estimate of drug-likeness (QED) is 0.589. The number of rotatable bonds is 8. The Morgan fingerprint density at radius 1 is 1.50 bits per heavy atom. The third-order valence-electron chi connectivity index (χ3n) is 3.48. The third kappa shape index (κ3) is 6.32. The summed E-state index contributed by atoms with van der Waals surface area (Å²) < 4.78 is 5.78. The first-order valence-corrected chi connectivity index (χ1v) is 8.80. The van der Waals surface area contributed by atoms with Crippen LogP contribution in [-0.4, -0.2) is 49.2 Å². The van der Waals surface area contributed by atoms with E-state index in [9.17, 15) is 0 Å². The molecule has 0 saturated carbocycles. The molecule has 1 aromatic heterocycles. The average molecular weight is 327 g/mol. The lowest BCUT2D eigenvalue weighted by Gasteiger charge is -2.24. The van der Waals surface area contributed by atoms with Gasteiger partial charge in [0.25, 0.3) is 0 Å². The van der Waals surface area contributed by atoms with Gasteiger partial charge in [-0.15, -0.1) is 11.3 Å². The van der Waals surface area contributed by atoms with Crippen LogP contribution in [-0.2, 0) is 11.3 Å². The highest BCUT2D eigenvalue weighted by molar-refractivity contribution is 7.09. The zero-order valence-electron chi connectivity index (χ0n) is 14.7. The lowest BCUT2D eigenvalue weighted by Crippen LogP contribution is -2.40. The standard InChI is InChI=1S/C16H30N4OS/c1-7-21-15(12(2)3)8-9-18-16(17-5)20(6)10-14-11-22-13(4)19-14/h11-12,15H,7-10H2,1-6H3,(H,17,18). The number of ether oxygens (including phenoxy) is 1. The molecule has 1 N–H and O–H groups in total. The number of nitrogens with one attached hydrogen (secondary N) is 1. The number of nitrogens with zero attached hydrogens (tertiary/aromatic N) is 3. The van der Waals surface area contributed by atoms with Gasteiger partial charge < -0.3 is 15.0 Å². The number of aryl methyl sites for hydroxylation is 1. The molecule has 1 unspecified atom stereocenters. The minimum absolute atomic E-state index is 0.294. The van der Waals surface area contributed by atoms with Crippen LogP contribution in [0.3, 0.4) is 0 Å². The summed E-state index contributed by atoms with van der Waals surface area (Å²) in [6.07, 6.45) is 1.27. The molecule has 0 bridgehead atoms. The smallest absolute Gasteiger partial charge is 0.193 e. The van der Waals surface area contributed by atoms with E-state index < -0.39 is 0 Å². The third-order valence-corrected chi connectivity index (χ3v) is 4.30. The van der Waals surface area contributed by atoms with Crippen LogP contribution in [0.25, 0.3) is 0 Å². The van der Waals surface area contributed by atoms with Crippen molar-refractivity contribution in [3.05, 3.63) is 16.1 Å². The maximum atomic E-state index is 5.78. The van der Waals surface area contributed by atoms with Gasteiger partial charge in [-0.2, -0.15) is 0 Å². The summed E-state index contributed by atoms with van der Waals surface area (Å²) in [7, 11) is 3.85. The Bertz CT molecular complexity index is 459. The van der Waals surface area contributed by atoms with Crippen LogP contribution in [0.5, 0.6) is 0 Å². The zero-order valence-corrected chi connectivity index (χ0v) is 15.5. The van der Waals surface area contributed by atoms with Crippen LogP contribution < -0.4 is 5.32 Å². The molecule has 22 heavy (non-hydrogen) atoms. The molecular weight excluding hydrogens is 296 g/mol. The maximum Gasteiger partial charge on any atom is 0.193 e. The monoisotopic (exact) mass is 326 g/mol. The molecule has 0 spiro atoms. The van der Waals surface area contributed by atoms with Gasteiger partial charge >= 0.3 is 0 Å². The molecule has 0 amide bonds. The van der Waals surface area contributed by atoms with E-state index >= 15 is 0 Å². The second kappa shape index (κ2) is 9.79. The highest BCUT2D eigenvalue weighted by atomic mass is 32.1. The van der Waals surface area contributed by atoms with E-state index in [1.165, 1.54) is 0 Å². The van der Waals surface area contributed by atoms with Crippen molar-refractivity contribution in [3.63, 3.8) is 0 Å². The van der Waals surface area contributed by atoms with E-state index in [0.29, 0.717) is 12.0 Å². The number of hydrogen-bond donors (Lipinski definition) is 1. The van der Waals surface area contributed by atoms with Gasteiger partial charge in [0.15, 0.2) is 5.96 Å². The summed E-state index contributed by atoms with van der Waals surface area (Å²) in [6, 6.07) is 0. The van der Waals surface area contributed by atoms with Crippen LogP contribution in [0.1, 0.15) is 37.9 Å². The molecule has 1 aromatic rings. The predicted octanol–water partition coefficient (Wildman–Crippen LogP) is 2.91. The lowest BCUT2D eigenvalue weighted by atomic mass is 10.0. The molecule has 0 aromatic carbocycles. The minimum atomic E-state index is 0.294. The molecule has 0 aliphatic carbocycles. The molecule has 0 fully saturated rings. The molecule has 5 nitrogen and oxygen atoms in total. The molecule has 1 rings (SSSR count). The summed E-state index contributed by atoms with van der Waals surface area (Å²) >= 11 is 1.68. The Kier molecular flexibility index (Phi) is 8.42. The number of hydrogen-bond acceptors (Lipinski definition) is 4. The van der Waals surface area contributed by atoms with Gasteiger partial charge in [-0.05, 0) is 26.2 Å². The molecule has 6 heteroatoms. The van der Waals surface area contributed by atoms with Gasteiger partial charge in [-0.25, -0.2) is 4.98 Å². The Labute approximate surface area is 138 Å². The fourth-order valence-corrected chi connectivity index (χ4v) is 2.94. The highest BCUT2D eigenvalue weighted by Gasteiger charge is 2.14. The Balaban J connectivity index is 2.44. The van der Waals surface area contributed by atoms with Crippen LogP contribution in [0, 0.1) is 12.8 Å². The van der Waals surface area contributed by atoms with Crippen LogP contribution in [0.4, 0.5) is 0 Å². The molecular formula is C16H30N4OS. The molecule has 126 valence electrons. The van der Waals surface area contributed by atoms with Gasteiger partial charge in [-0.3, -0.25) is 4.99 Å². The molecule has 0 aliphatic rings. The zero-order chi connectivity index (χ0) is 16.5. The van der Waals surface area contributed by atoms with E-state index in [-0.39, 0.29) is 0 Å². The largest absolute Gasteiger partial charge is 0.378 e. The normalized spacial score (nSPS) is 13.5. The predicted molar refractivity (Wildman–Crippen MR) is 94.5 cm³/mol.